The van der Waals surface area contributed by atoms with Gasteiger partial charge in [0.1, 0.15) is 40.2 Å². The Bertz CT molecular complexity index is 1850. The summed E-state index contributed by atoms with van der Waals surface area (Å²) in [6.07, 6.45) is 6.96. The van der Waals surface area contributed by atoms with Crippen LogP contribution in [0.25, 0.3) is 28.2 Å². The first-order valence-corrected chi connectivity index (χ1v) is 15.1. The Hall–Kier alpha value is -4.77. The average molecular weight is 612 g/mol. The second-order valence-corrected chi connectivity index (χ2v) is 11.5. The number of nitrogens with zero attached hydrogens (tertiary/aromatic N) is 7. The summed E-state index contributed by atoms with van der Waals surface area (Å²) in [4.78, 5) is 33.4. The Balaban J connectivity index is 1.24. The molecule has 1 aliphatic rings. The molecule has 1 fully saturated rings. The second-order valence-electron chi connectivity index (χ2n) is 10.6. The molecular weight excluding hydrogens is 581 g/mol. The summed E-state index contributed by atoms with van der Waals surface area (Å²) in [6, 6.07) is 12.1. The summed E-state index contributed by atoms with van der Waals surface area (Å²) < 4.78 is 15.5. The van der Waals surface area contributed by atoms with Gasteiger partial charge in [-0.25, -0.2) is 14.4 Å². The zero-order valence-corrected chi connectivity index (χ0v) is 25.0. The summed E-state index contributed by atoms with van der Waals surface area (Å²) in [5.74, 6) is 0.297. The third-order valence-corrected chi connectivity index (χ3v) is 8.58. The summed E-state index contributed by atoms with van der Waals surface area (Å²) in [5.41, 5.74) is 4.78. The number of carbonyl (C=O) groups excluding carboxylic acids is 1. The van der Waals surface area contributed by atoms with E-state index in [9.17, 15) is 19.6 Å². The van der Waals surface area contributed by atoms with Gasteiger partial charge in [0.25, 0.3) is 0 Å². The maximum atomic E-state index is 13.5. The highest BCUT2D eigenvalue weighted by atomic mass is 32.1. The summed E-state index contributed by atoms with van der Waals surface area (Å²) >= 11 is 1.26. The molecule has 1 amide bonds. The largest absolute Gasteiger partial charge is 0.379 e. The van der Waals surface area contributed by atoms with Crippen molar-refractivity contribution in [3.63, 3.8) is 0 Å². The van der Waals surface area contributed by atoms with Crippen molar-refractivity contribution >= 4 is 33.8 Å². The van der Waals surface area contributed by atoms with Crippen molar-refractivity contribution in [2.24, 2.45) is 0 Å². The van der Waals surface area contributed by atoms with Gasteiger partial charge in [-0.3, -0.25) is 24.5 Å². The minimum Gasteiger partial charge on any atom is -0.379 e. The number of aryl methyl sites for hydroxylation is 1. The van der Waals surface area contributed by atoms with Crippen molar-refractivity contribution in [1.29, 1.82) is 5.26 Å². The Labute approximate surface area is 257 Å². The van der Waals surface area contributed by atoms with Crippen molar-refractivity contribution in [1.82, 2.24) is 35.0 Å². The molecule has 224 valence electrons. The van der Waals surface area contributed by atoms with Crippen molar-refractivity contribution in [3.05, 3.63) is 77.1 Å². The van der Waals surface area contributed by atoms with E-state index < -0.39 is 6.23 Å². The molecule has 0 aliphatic carbocycles. The normalized spacial score (nSPS) is 16.2. The lowest BCUT2D eigenvalue weighted by Crippen LogP contribution is -2.40. The first-order valence-electron chi connectivity index (χ1n) is 14.3. The van der Waals surface area contributed by atoms with Gasteiger partial charge >= 0.3 is 0 Å². The number of fused-ring (bicyclic) bond motifs is 1. The van der Waals surface area contributed by atoms with Gasteiger partial charge in [-0.15, -0.1) is 0 Å². The van der Waals surface area contributed by atoms with Gasteiger partial charge in [-0.05, 0) is 55.7 Å². The monoisotopic (exact) mass is 611 g/mol. The highest BCUT2D eigenvalue weighted by Gasteiger charge is 2.23. The molecule has 5 heterocycles. The second kappa shape index (κ2) is 12.5. The maximum Gasteiger partial charge on any atom is 0.226 e. The molecule has 6 rings (SSSR count). The number of anilines is 2. The van der Waals surface area contributed by atoms with Gasteiger partial charge in [0, 0.05) is 43.2 Å². The molecule has 1 aromatic carbocycles. The predicted molar refractivity (Wildman–Crippen MR) is 165 cm³/mol. The van der Waals surface area contributed by atoms with Gasteiger partial charge in [-0.2, -0.15) is 5.26 Å². The van der Waals surface area contributed by atoms with Gasteiger partial charge in [0.05, 0.1) is 29.7 Å². The third-order valence-electron chi connectivity index (χ3n) is 7.54. The summed E-state index contributed by atoms with van der Waals surface area (Å²) in [5, 5.41) is 25.9. The quantitative estimate of drug-likeness (QED) is 0.225. The van der Waals surface area contributed by atoms with Crippen LogP contribution < -0.4 is 15.5 Å². The topological polar surface area (TPSA) is 144 Å². The number of rotatable bonds is 9. The molecule has 5 aromatic rings. The predicted octanol–water partition coefficient (Wildman–Crippen LogP) is 3.98. The zero-order chi connectivity index (χ0) is 30.8. The molecule has 0 saturated carbocycles. The molecule has 2 atom stereocenters. The van der Waals surface area contributed by atoms with Crippen molar-refractivity contribution < 1.29 is 14.3 Å². The number of aliphatic hydroxyl groups is 1. The minimum atomic E-state index is -0.508. The van der Waals surface area contributed by atoms with Crippen molar-refractivity contribution in [3.8, 4) is 28.6 Å². The number of amides is 1. The molecule has 11 nitrogen and oxygen atoms in total. The smallest absolute Gasteiger partial charge is 0.226 e. The minimum absolute atomic E-state index is 0.0681. The average Bonchev–Trinajstić information content (AvgIpc) is 3.76. The molecule has 1 saturated heterocycles. The number of carbonyl (C=O) groups is 1. The van der Waals surface area contributed by atoms with E-state index in [1.54, 1.807) is 24.5 Å². The number of hydrogen-bond acceptors (Lipinski definition) is 10. The number of aliphatic hydroxyl groups excluding tert-OH is 1. The lowest BCUT2D eigenvalue weighted by atomic mass is 10.1. The first kappa shape index (κ1) is 29.3. The number of nitriles is 1. The number of halogens is 1. The highest BCUT2D eigenvalue weighted by Crippen LogP contribution is 2.37. The van der Waals surface area contributed by atoms with Crippen LogP contribution in [0, 0.1) is 17.1 Å². The van der Waals surface area contributed by atoms with E-state index >= 15 is 0 Å². The molecule has 4 aromatic heterocycles. The fourth-order valence-electron chi connectivity index (χ4n) is 5.26. The summed E-state index contributed by atoms with van der Waals surface area (Å²) in [6.45, 7) is 2.48. The van der Waals surface area contributed by atoms with Crippen LogP contribution in [0.3, 0.4) is 0 Å². The van der Waals surface area contributed by atoms with Crippen molar-refractivity contribution in [2.45, 2.75) is 44.9 Å². The maximum absolute atomic E-state index is 13.5. The Morgan fingerprint density at radius 2 is 1.98 bits per heavy atom. The SMILES string of the molecule is CCc1nc2ccc(-c3cnc(CC(=O)NCC4CCC(O)N4)cn3)cn2c1N(C)c1nc(-c2ccc(F)cc2)c(C#N)s1. The number of aromatic nitrogens is 5. The number of thiazole rings is 1. The molecule has 44 heavy (non-hydrogen) atoms. The first-order chi connectivity index (χ1) is 21.3. The van der Waals surface area contributed by atoms with Crippen LogP contribution in [0.2, 0.25) is 0 Å². The molecular formula is C31H30FN9O2S. The van der Waals surface area contributed by atoms with Gasteiger partial charge in [0.15, 0.2) is 5.13 Å². The standard InChI is InChI=1S/C31H30FN9O2S/c1-3-23-30(40(2)31-39-29(25(13-33)44-31)18-4-7-20(32)8-5-18)41-17-19(6-10-26(41)38-23)24-16-34-22(15-35-24)12-28(43)36-14-21-9-11-27(42)37-21/h4-8,10,15-17,21,27,37,42H,3,9,11-12,14H2,1-2H3,(H,36,43). The highest BCUT2D eigenvalue weighted by molar-refractivity contribution is 7.16. The molecule has 0 spiro atoms. The van der Waals surface area contributed by atoms with E-state index in [-0.39, 0.29) is 24.2 Å². The van der Waals surface area contributed by atoms with Gasteiger partial charge in [0.2, 0.25) is 5.91 Å². The van der Waals surface area contributed by atoms with E-state index in [0.717, 1.165) is 29.1 Å². The van der Waals surface area contributed by atoms with Crippen LogP contribution in [0.4, 0.5) is 15.3 Å². The molecule has 0 bridgehead atoms. The molecule has 13 heteroatoms. The Kier molecular flexibility index (Phi) is 8.30. The van der Waals surface area contributed by atoms with Gasteiger partial charge < -0.3 is 15.3 Å². The number of pyridine rings is 1. The fraction of sp³-hybridized carbons (Fsp3) is 0.290. The van der Waals surface area contributed by atoms with Crippen LogP contribution in [0.1, 0.15) is 36.0 Å². The van der Waals surface area contributed by atoms with E-state index in [0.29, 0.717) is 52.0 Å². The summed E-state index contributed by atoms with van der Waals surface area (Å²) in [7, 11) is 1.88. The molecule has 0 radical (unpaired) electrons. The third kappa shape index (κ3) is 6.00. The molecule has 1 aliphatic heterocycles. The zero-order valence-electron chi connectivity index (χ0n) is 24.2. The van der Waals surface area contributed by atoms with Crippen LogP contribution in [-0.4, -0.2) is 61.2 Å². The molecule has 2 unspecified atom stereocenters. The molecule has 3 N–H and O–H groups in total. The van der Waals surface area contributed by atoms with E-state index in [2.05, 4.69) is 26.7 Å². The number of benzene rings is 1. The van der Waals surface area contributed by atoms with Crippen molar-refractivity contribution in [2.75, 3.05) is 18.5 Å². The Morgan fingerprint density at radius 1 is 1.18 bits per heavy atom. The van der Waals surface area contributed by atoms with Crippen LogP contribution >= 0.6 is 11.3 Å². The van der Waals surface area contributed by atoms with E-state index in [1.165, 1.54) is 23.5 Å². The fourth-order valence-corrected chi connectivity index (χ4v) is 6.11. The number of nitrogens with one attached hydrogen (secondary N) is 2. The van der Waals surface area contributed by atoms with E-state index in [1.807, 2.05) is 41.6 Å². The van der Waals surface area contributed by atoms with Gasteiger partial charge in [-0.1, -0.05) is 18.3 Å². The lowest BCUT2D eigenvalue weighted by molar-refractivity contribution is -0.120. The van der Waals surface area contributed by atoms with E-state index in [4.69, 9.17) is 9.97 Å². The van der Waals surface area contributed by atoms with Crippen LogP contribution in [-0.2, 0) is 17.6 Å². The van der Waals surface area contributed by atoms with Crippen LogP contribution in [0.5, 0.6) is 0 Å². The number of hydrogen-bond donors (Lipinski definition) is 3. The lowest BCUT2D eigenvalue weighted by Gasteiger charge is -2.17. The Morgan fingerprint density at radius 3 is 2.66 bits per heavy atom. The number of imidazole rings is 1. The van der Waals surface area contributed by atoms with Crippen LogP contribution in [0.15, 0.2) is 55.0 Å².